The molecule has 4 heterocycles. The van der Waals surface area contributed by atoms with Crippen LogP contribution in [0, 0.1) is 11.6 Å². The van der Waals surface area contributed by atoms with Crippen molar-refractivity contribution in [3.8, 4) is 0 Å². The first-order valence-corrected chi connectivity index (χ1v) is 11.4. The Morgan fingerprint density at radius 1 is 1.17 bits per heavy atom. The highest BCUT2D eigenvalue weighted by atomic mass is 19.1. The summed E-state index contributed by atoms with van der Waals surface area (Å²) in [4.78, 5) is 49.2. The molecule has 1 unspecified atom stereocenters. The smallest absolute Gasteiger partial charge is 0.414 e. The molecule has 0 aliphatic carbocycles. The van der Waals surface area contributed by atoms with Crippen molar-refractivity contribution < 1.29 is 27.9 Å². The molecule has 13 heteroatoms. The molecule has 1 aromatic carbocycles. The number of carbonyl (C=O) groups is 3. The highest BCUT2D eigenvalue weighted by Gasteiger charge is 2.32. The van der Waals surface area contributed by atoms with Crippen LogP contribution in [0.3, 0.4) is 0 Å². The van der Waals surface area contributed by atoms with Gasteiger partial charge in [-0.3, -0.25) is 18.9 Å². The Bertz CT molecular complexity index is 1280. The van der Waals surface area contributed by atoms with Gasteiger partial charge >= 0.3 is 6.09 Å². The number of carbonyl (C=O) groups excluding carboxylic acids is 3. The zero-order valence-electron chi connectivity index (χ0n) is 19.4. The van der Waals surface area contributed by atoms with Crippen molar-refractivity contribution in [3.05, 3.63) is 54.1 Å². The van der Waals surface area contributed by atoms with Crippen molar-refractivity contribution in [2.45, 2.75) is 13.0 Å². The number of fused-ring (bicyclic) bond motifs is 1. The molecule has 2 aliphatic rings. The Morgan fingerprint density at radius 3 is 2.53 bits per heavy atom. The number of nitrogens with one attached hydrogen (secondary N) is 1. The number of benzene rings is 1. The number of imidazole rings is 1. The Kier molecular flexibility index (Phi) is 6.12. The van der Waals surface area contributed by atoms with Gasteiger partial charge in [-0.05, 0) is 13.0 Å². The molecule has 2 aliphatic heterocycles. The van der Waals surface area contributed by atoms with Crippen LogP contribution >= 0.6 is 0 Å². The van der Waals surface area contributed by atoms with Gasteiger partial charge in [0.2, 0.25) is 11.7 Å². The van der Waals surface area contributed by atoms with Crippen molar-refractivity contribution in [1.82, 2.24) is 24.6 Å². The molecule has 1 N–H and O–H groups in total. The molecule has 3 aromatic rings. The molecular weight excluding hydrogens is 476 g/mol. The molecule has 0 bridgehead atoms. The quantitative estimate of drug-likeness (QED) is 0.565. The number of aromatic nitrogens is 3. The number of rotatable bonds is 5. The molecule has 0 saturated carbocycles. The normalized spacial score (nSPS) is 18.0. The second kappa shape index (κ2) is 9.40. The lowest BCUT2D eigenvalue weighted by Crippen LogP contribution is -2.51. The minimum atomic E-state index is -0.800. The number of piperazine rings is 1. The standard InChI is InChI=1S/C23H23F2N7O4/c1-14-12-32(23(35)36-14)15-9-16(24)20(17(25)10-15)30-7-5-29(6-8-30)19(33)11-27-21(34)18-13-31-4-2-3-26-22(31)28-18/h2-4,9-10,13-14H,5-8,11-12H2,1H3,(H,27,34). The van der Waals surface area contributed by atoms with Gasteiger partial charge in [-0.2, -0.15) is 0 Å². The van der Waals surface area contributed by atoms with Crippen LogP contribution in [0.4, 0.5) is 25.0 Å². The van der Waals surface area contributed by atoms with E-state index in [2.05, 4.69) is 15.3 Å². The van der Waals surface area contributed by atoms with Gasteiger partial charge in [0.15, 0.2) is 11.6 Å². The van der Waals surface area contributed by atoms with E-state index in [0.29, 0.717) is 5.78 Å². The van der Waals surface area contributed by atoms with Crippen LogP contribution in [0.2, 0.25) is 0 Å². The highest BCUT2D eigenvalue weighted by molar-refractivity contribution is 5.95. The maximum absolute atomic E-state index is 14.9. The number of anilines is 2. The van der Waals surface area contributed by atoms with E-state index in [0.717, 1.165) is 12.1 Å². The molecule has 36 heavy (non-hydrogen) atoms. The van der Waals surface area contributed by atoms with Crippen molar-refractivity contribution in [2.24, 2.45) is 0 Å². The molecule has 0 radical (unpaired) electrons. The number of hydrogen-bond acceptors (Lipinski definition) is 7. The van der Waals surface area contributed by atoms with Gasteiger partial charge in [-0.1, -0.05) is 0 Å². The number of halogens is 2. The van der Waals surface area contributed by atoms with E-state index in [1.54, 1.807) is 29.8 Å². The third kappa shape index (κ3) is 4.51. The summed E-state index contributed by atoms with van der Waals surface area (Å²) < 4.78 is 36.4. The summed E-state index contributed by atoms with van der Waals surface area (Å²) >= 11 is 0. The minimum Gasteiger partial charge on any atom is -0.444 e. The summed E-state index contributed by atoms with van der Waals surface area (Å²) in [5, 5.41) is 2.55. The Morgan fingerprint density at radius 2 is 1.89 bits per heavy atom. The average molecular weight is 499 g/mol. The van der Waals surface area contributed by atoms with E-state index < -0.39 is 23.6 Å². The molecule has 1 atom stereocenters. The molecule has 2 saturated heterocycles. The topological polar surface area (TPSA) is 112 Å². The minimum absolute atomic E-state index is 0.0917. The second-order valence-electron chi connectivity index (χ2n) is 8.57. The van der Waals surface area contributed by atoms with E-state index in [9.17, 15) is 23.2 Å². The van der Waals surface area contributed by atoms with Gasteiger partial charge < -0.3 is 19.9 Å². The van der Waals surface area contributed by atoms with Gasteiger partial charge in [-0.25, -0.2) is 23.5 Å². The number of cyclic esters (lactones) is 1. The van der Waals surface area contributed by atoms with E-state index in [-0.39, 0.29) is 68.3 Å². The van der Waals surface area contributed by atoms with Crippen LogP contribution in [-0.4, -0.2) is 82.5 Å². The fraction of sp³-hybridized carbons (Fsp3) is 0.348. The lowest BCUT2D eigenvalue weighted by Gasteiger charge is -2.36. The predicted octanol–water partition coefficient (Wildman–Crippen LogP) is 1.43. The molecular formula is C23H23F2N7O4. The summed E-state index contributed by atoms with van der Waals surface area (Å²) in [6.45, 7) is 2.53. The largest absolute Gasteiger partial charge is 0.444 e. The van der Waals surface area contributed by atoms with Gasteiger partial charge in [0.05, 0.1) is 18.8 Å². The van der Waals surface area contributed by atoms with E-state index in [1.807, 2.05) is 0 Å². The second-order valence-corrected chi connectivity index (χ2v) is 8.57. The zero-order valence-corrected chi connectivity index (χ0v) is 19.4. The van der Waals surface area contributed by atoms with Gasteiger partial charge in [-0.15, -0.1) is 0 Å². The summed E-state index contributed by atoms with van der Waals surface area (Å²) in [7, 11) is 0. The summed E-state index contributed by atoms with van der Waals surface area (Å²) in [6, 6.07) is 3.93. The third-order valence-corrected chi connectivity index (χ3v) is 6.09. The zero-order chi connectivity index (χ0) is 25.4. The predicted molar refractivity (Wildman–Crippen MR) is 124 cm³/mol. The van der Waals surface area contributed by atoms with Crippen molar-refractivity contribution in [1.29, 1.82) is 0 Å². The maximum atomic E-state index is 14.9. The van der Waals surface area contributed by atoms with Crippen LogP contribution in [0.1, 0.15) is 17.4 Å². The van der Waals surface area contributed by atoms with Crippen molar-refractivity contribution in [2.75, 3.05) is 49.1 Å². The van der Waals surface area contributed by atoms with E-state index >= 15 is 0 Å². The monoisotopic (exact) mass is 499 g/mol. The molecule has 3 amide bonds. The third-order valence-electron chi connectivity index (χ3n) is 6.09. The highest BCUT2D eigenvalue weighted by Crippen LogP contribution is 2.31. The lowest BCUT2D eigenvalue weighted by atomic mass is 10.2. The first-order valence-electron chi connectivity index (χ1n) is 11.4. The van der Waals surface area contributed by atoms with E-state index in [1.165, 1.54) is 20.9 Å². The van der Waals surface area contributed by atoms with Gasteiger partial charge in [0, 0.05) is 56.9 Å². The Balaban J connectivity index is 1.17. The van der Waals surface area contributed by atoms with Crippen LogP contribution in [0.5, 0.6) is 0 Å². The van der Waals surface area contributed by atoms with Crippen LogP contribution in [0.15, 0.2) is 36.8 Å². The van der Waals surface area contributed by atoms with Crippen molar-refractivity contribution >= 4 is 35.1 Å². The van der Waals surface area contributed by atoms with Gasteiger partial charge in [0.25, 0.3) is 5.91 Å². The van der Waals surface area contributed by atoms with Crippen molar-refractivity contribution in [3.63, 3.8) is 0 Å². The van der Waals surface area contributed by atoms with Gasteiger partial charge in [0.1, 0.15) is 17.5 Å². The number of ether oxygens (including phenoxy) is 1. The Hall–Kier alpha value is -4.29. The number of amides is 3. The number of hydrogen-bond donors (Lipinski definition) is 1. The van der Waals surface area contributed by atoms with E-state index in [4.69, 9.17) is 4.74 Å². The average Bonchev–Trinajstić information content (AvgIpc) is 3.44. The molecule has 11 nitrogen and oxygen atoms in total. The molecule has 2 fully saturated rings. The Labute approximate surface area is 204 Å². The SMILES string of the molecule is CC1CN(c2cc(F)c(N3CCN(C(=O)CNC(=O)c4cn5cccnc5n4)CC3)c(F)c2)C(=O)O1. The molecule has 188 valence electrons. The van der Waals surface area contributed by atoms with Crippen LogP contribution in [-0.2, 0) is 9.53 Å². The fourth-order valence-corrected chi connectivity index (χ4v) is 4.30. The fourth-order valence-electron chi connectivity index (χ4n) is 4.30. The maximum Gasteiger partial charge on any atom is 0.414 e. The summed E-state index contributed by atoms with van der Waals surface area (Å²) in [5.74, 6) is -2.05. The van der Waals surface area contributed by atoms with Crippen LogP contribution in [0.25, 0.3) is 5.78 Å². The molecule has 0 spiro atoms. The first-order chi connectivity index (χ1) is 17.3. The summed E-state index contributed by atoms with van der Waals surface area (Å²) in [6.07, 6.45) is 3.77. The summed E-state index contributed by atoms with van der Waals surface area (Å²) in [5.41, 5.74) is 0.0200. The first kappa shape index (κ1) is 23.5. The number of nitrogens with zero attached hydrogens (tertiary/aromatic N) is 6. The molecule has 5 rings (SSSR count). The molecule has 2 aromatic heterocycles. The lowest BCUT2D eigenvalue weighted by molar-refractivity contribution is -0.130. The van der Waals surface area contributed by atoms with Crippen LogP contribution < -0.4 is 15.1 Å².